The number of nitrogen functional groups attached to an aromatic ring is 1. The van der Waals surface area contributed by atoms with Gasteiger partial charge in [0.25, 0.3) is 0 Å². The Balaban J connectivity index is 2.60. The molecule has 5 nitrogen and oxygen atoms in total. The van der Waals surface area contributed by atoms with Crippen LogP contribution in [0.15, 0.2) is 12.3 Å². The second-order valence-corrected chi connectivity index (χ2v) is 3.94. The summed E-state index contributed by atoms with van der Waals surface area (Å²) < 4.78 is 0. The molecular weight excluding hydrogens is 216 g/mol. The van der Waals surface area contributed by atoms with E-state index in [4.69, 9.17) is 16.1 Å². The minimum absolute atomic E-state index is 0.191. The van der Waals surface area contributed by atoms with Gasteiger partial charge in [0, 0.05) is 19.3 Å². The van der Waals surface area contributed by atoms with Gasteiger partial charge in [-0.15, -0.1) is 0 Å². The van der Waals surface area contributed by atoms with Crippen molar-refractivity contribution in [1.29, 1.82) is 5.26 Å². The Morgan fingerprint density at radius 3 is 2.94 bits per heavy atom. The molecule has 17 heavy (non-hydrogen) atoms. The molecule has 1 aromatic rings. The van der Waals surface area contributed by atoms with Crippen molar-refractivity contribution in [3.8, 4) is 6.07 Å². The van der Waals surface area contributed by atoms with E-state index in [1.807, 2.05) is 6.07 Å². The number of aromatic nitrogens is 1. The largest absolute Gasteiger partial charge is 0.396 e. The van der Waals surface area contributed by atoms with Gasteiger partial charge in [0.15, 0.2) is 0 Å². The Morgan fingerprint density at radius 1 is 1.65 bits per heavy atom. The lowest BCUT2D eigenvalue weighted by Crippen LogP contribution is -2.16. The molecule has 1 heterocycles. The van der Waals surface area contributed by atoms with Gasteiger partial charge in [-0.2, -0.15) is 5.26 Å². The van der Waals surface area contributed by atoms with E-state index in [0.717, 1.165) is 19.4 Å². The number of nitrogens with zero attached hydrogens (tertiary/aromatic N) is 2. The number of anilines is 2. The molecule has 1 atom stereocenters. The number of aliphatic hydroxyl groups is 1. The highest BCUT2D eigenvalue weighted by molar-refractivity contribution is 5.62. The summed E-state index contributed by atoms with van der Waals surface area (Å²) >= 11 is 0. The van der Waals surface area contributed by atoms with Crippen molar-refractivity contribution in [3.63, 3.8) is 0 Å². The Bertz CT molecular complexity index is 400. The van der Waals surface area contributed by atoms with Crippen molar-refractivity contribution in [1.82, 2.24) is 4.98 Å². The van der Waals surface area contributed by atoms with E-state index < -0.39 is 0 Å². The zero-order valence-corrected chi connectivity index (χ0v) is 9.98. The highest BCUT2D eigenvalue weighted by Crippen LogP contribution is 2.17. The molecule has 4 N–H and O–H groups in total. The number of pyridine rings is 1. The fourth-order valence-corrected chi connectivity index (χ4v) is 1.56. The van der Waals surface area contributed by atoms with Crippen LogP contribution in [0.2, 0.25) is 0 Å². The third-order valence-electron chi connectivity index (χ3n) is 2.72. The van der Waals surface area contributed by atoms with Crippen LogP contribution in [0, 0.1) is 17.2 Å². The molecule has 1 rings (SSSR count). The first-order valence-corrected chi connectivity index (χ1v) is 5.71. The van der Waals surface area contributed by atoms with Gasteiger partial charge in [-0.3, -0.25) is 0 Å². The second-order valence-electron chi connectivity index (χ2n) is 3.94. The van der Waals surface area contributed by atoms with E-state index >= 15 is 0 Å². The van der Waals surface area contributed by atoms with Crippen LogP contribution in [-0.2, 0) is 0 Å². The van der Waals surface area contributed by atoms with Gasteiger partial charge in [0.2, 0.25) is 0 Å². The van der Waals surface area contributed by atoms with E-state index in [1.165, 1.54) is 6.20 Å². The van der Waals surface area contributed by atoms with Crippen LogP contribution in [-0.4, -0.2) is 23.2 Å². The van der Waals surface area contributed by atoms with Crippen LogP contribution in [0.5, 0.6) is 0 Å². The first-order chi connectivity index (χ1) is 8.21. The molecule has 0 amide bonds. The van der Waals surface area contributed by atoms with Gasteiger partial charge in [-0.1, -0.05) is 13.3 Å². The second kappa shape index (κ2) is 6.71. The molecule has 5 heteroatoms. The molecule has 0 spiro atoms. The summed E-state index contributed by atoms with van der Waals surface area (Å²) in [6.07, 6.45) is 3.25. The molecule has 0 saturated heterocycles. The van der Waals surface area contributed by atoms with Gasteiger partial charge in [-0.25, -0.2) is 4.98 Å². The molecule has 0 aliphatic carbocycles. The monoisotopic (exact) mass is 234 g/mol. The van der Waals surface area contributed by atoms with Gasteiger partial charge < -0.3 is 16.2 Å². The number of nitrogens with one attached hydrogen (secondary N) is 1. The number of hydrogen-bond acceptors (Lipinski definition) is 5. The van der Waals surface area contributed by atoms with E-state index in [2.05, 4.69) is 17.2 Å². The summed E-state index contributed by atoms with van der Waals surface area (Å²) in [6, 6.07) is 3.59. The summed E-state index contributed by atoms with van der Waals surface area (Å²) in [5, 5.41) is 20.7. The summed E-state index contributed by atoms with van der Waals surface area (Å²) in [4.78, 5) is 4.09. The van der Waals surface area contributed by atoms with Crippen molar-refractivity contribution in [2.45, 2.75) is 19.8 Å². The predicted molar refractivity (Wildman–Crippen MR) is 67.3 cm³/mol. The quantitative estimate of drug-likeness (QED) is 0.690. The summed E-state index contributed by atoms with van der Waals surface area (Å²) in [5.74, 6) is 0.997. The molecule has 0 aliphatic heterocycles. The third kappa shape index (κ3) is 3.93. The fraction of sp³-hybridized carbons (Fsp3) is 0.500. The van der Waals surface area contributed by atoms with Crippen LogP contribution in [0.4, 0.5) is 11.5 Å². The maximum absolute atomic E-state index is 8.88. The Morgan fingerprint density at radius 2 is 2.41 bits per heavy atom. The van der Waals surface area contributed by atoms with E-state index in [9.17, 15) is 0 Å². The Kier molecular flexibility index (Phi) is 5.24. The lowest BCUT2D eigenvalue weighted by Gasteiger charge is -2.15. The fourth-order valence-electron chi connectivity index (χ4n) is 1.56. The highest BCUT2D eigenvalue weighted by Gasteiger charge is 2.07. The molecular formula is C12H18N4O. The summed E-state index contributed by atoms with van der Waals surface area (Å²) in [7, 11) is 0. The molecule has 0 bridgehead atoms. The van der Waals surface area contributed by atoms with Gasteiger partial charge in [0.05, 0.1) is 11.3 Å². The maximum Gasteiger partial charge on any atom is 0.149 e. The van der Waals surface area contributed by atoms with Crippen molar-refractivity contribution >= 4 is 11.5 Å². The minimum atomic E-state index is 0.191. The number of rotatable bonds is 6. The lowest BCUT2D eigenvalue weighted by atomic mass is 10.0. The van der Waals surface area contributed by atoms with Crippen molar-refractivity contribution in [2.24, 2.45) is 5.92 Å². The molecule has 0 saturated carbocycles. The average Bonchev–Trinajstić information content (AvgIpc) is 2.35. The van der Waals surface area contributed by atoms with E-state index in [-0.39, 0.29) is 6.61 Å². The maximum atomic E-state index is 8.88. The normalized spacial score (nSPS) is 11.8. The van der Waals surface area contributed by atoms with E-state index in [1.54, 1.807) is 6.07 Å². The minimum Gasteiger partial charge on any atom is -0.396 e. The van der Waals surface area contributed by atoms with Crippen LogP contribution >= 0.6 is 0 Å². The number of aliphatic hydroxyl groups excluding tert-OH is 1. The topological polar surface area (TPSA) is 95.0 Å². The van der Waals surface area contributed by atoms with Crippen LogP contribution in [0.1, 0.15) is 25.3 Å². The van der Waals surface area contributed by atoms with Gasteiger partial charge in [0.1, 0.15) is 11.9 Å². The zero-order valence-electron chi connectivity index (χ0n) is 9.98. The molecule has 1 aromatic heterocycles. The molecule has 0 aromatic carbocycles. The molecule has 0 aliphatic rings. The molecule has 1 unspecified atom stereocenters. The van der Waals surface area contributed by atoms with E-state index in [0.29, 0.717) is 23.0 Å². The number of nitriles is 1. The predicted octanol–water partition coefficient (Wildman–Crippen LogP) is 1.36. The van der Waals surface area contributed by atoms with Gasteiger partial charge in [-0.05, 0) is 18.4 Å². The standard InChI is InChI=1S/C12H18N4O/c1-2-9(3-4-17)7-15-12-11(14)5-10(6-13)8-16-12/h5,8-9,17H,2-4,7,14H2,1H3,(H,15,16). The Hall–Kier alpha value is -1.80. The summed E-state index contributed by atoms with van der Waals surface area (Å²) in [6.45, 7) is 2.99. The van der Waals surface area contributed by atoms with Crippen LogP contribution < -0.4 is 11.1 Å². The molecule has 0 radical (unpaired) electrons. The van der Waals surface area contributed by atoms with Crippen molar-refractivity contribution in [2.75, 3.05) is 24.2 Å². The zero-order chi connectivity index (χ0) is 12.7. The van der Waals surface area contributed by atoms with Crippen LogP contribution in [0.25, 0.3) is 0 Å². The molecule has 92 valence electrons. The van der Waals surface area contributed by atoms with Crippen molar-refractivity contribution < 1.29 is 5.11 Å². The third-order valence-corrected chi connectivity index (χ3v) is 2.72. The number of nitrogens with two attached hydrogens (primary N) is 1. The smallest absolute Gasteiger partial charge is 0.149 e. The molecule has 0 fully saturated rings. The first kappa shape index (κ1) is 13.3. The highest BCUT2D eigenvalue weighted by atomic mass is 16.3. The lowest BCUT2D eigenvalue weighted by molar-refractivity contribution is 0.258. The number of hydrogen-bond donors (Lipinski definition) is 3. The van der Waals surface area contributed by atoms with Crippen molar-refractivity contribution in [3.05, 3.63) is 17.8 Å². The van der Waals surface area contributed by atoms with Gasteiger partial charge >= 0.3 is 0 Å². The average molecular weight is 234 g/mol. The summed E-state index contributed by atoms with van der Waals surface area (Å²) in [5.41, 5.74) is 6.70. The first-order valence-electron chi connectivity index (χ1n) is 5.71. The Labute approximate surface area is 101 Å². The van der Waals surface area contributed by atoms with Crippen LogP contribution in [0.3, 0.4) is 0 Å². The SMILES string of the molecule is CCC(CCO)CNc1ncc(C#N)cc1N.